The van der Waals surface area contributed by atoms with Gasteiger partial charge in [0.25, 0.3) is 6.43 Å². The predicted octanol–water partition coefficient (Wildman–Crippen LogP) is 3.27. The van der Waals surface area contributed by atoms with Gasteiger partial charge in [0.15, 0.2) is 0 Å². The van der Waals surface area contributed by atoms with Crippen molar-refractivity contribution >= 4 is 17.3 Å². The van der Waals surface area contributed by atoms with E-state index in [1.807, 2.05) is 0 Å². The van der Waals surface area contributed by atoms with Crippen molar-refractivity contribution in [3.05, 3.63) is 22.5 Å². The van der Waals surface area contributed by atoms with Gasteiger partial charge in [-0.3, -0.25) is 0 Å². The van der Waals surface area contributed by atoms with Crippen LogP contribution >= 0.6 is 11.6 Å². The monoisotopic (exact) mass is 246 g/mol. The van der Waals surface area contributed by atoms with Crippen LogP contribution in [0.15, 0.2) is 6.07 Å². The number of aromatic nitrogens is 1. The predicted molar refractivity (Wildman–Crippen MR) is 43.6 cm³/mol. The van der Waals surface area contributed by atoms with Crippen LogP contribution in [0.1, 0.15) is 17.7 Å². The summed E-state index contributed by atoms with van der Waals surface area (Å²) in [7, 11) is 0. The van der Waals surface area contributed by atoms with Gasteiger partial charge in [-0.05, 0) is 6.07 Å². The number of hydrogen-bond donors (Lipinski definition) is 1. The third-order valence-electron chi connectivity index (χ3n) is 1.55. The number of nitrogen functional groups attached to an aromatic ring is 1. The Hall–Kier alpha value is -1.11. The van der Waals surface area contributed by atoms with Gasteiger partial charge in [0.2, 0.25) is 0 Å². The molecule has 1 aromatic heterocycles. The Balaban J connectivity index is 3.32. The molecule has 2 N–H and O–H groups in total. The van der Waals surface area contributed by atoms with E-state index >= 15 is 0 Å². The van der Waals surface area contributed by atoms with Crippen molar-refractivity contribution in [2.75, 3.05) is 5.73 Å². The highest BCUT2D eigenvalue weighted by molar-refractivity contribution is 6.30. The highest BCUT2D eigenvalue weighted by atomic mass is 35.5. The van der Waals surface area contributed by atoms with Crippen molar-refractivity contribution in [1.29, 1.82) is 0 Å². The lowest BCUT2D eigenvalue weighted by Gasteiger charge is -2.11. The molecule has 15 heavy (non-hydrogen) atoms. The van der Waals surface area contributed by atoms with Crippen molar-refractivity contribution < 1.29 is 22.0 Å². The minimum Gasteiger partial charge on any atom is -0.398 e. The van der Waals surface area contributed by atoms with Gasteiger partial charge in [0.05, 0.1) is 5.56 Å². The number of alkyl halides is 5. The molecule has 0 spiro atoms. The molecule has 1 heterocycles. The molecular formula is C7H4ClF5N2. The molecule has 1 rings (SSSR count). The molecule has 0 aromatic carbocycles. The van der Waals surface area contributed by atoms with E-state index in [2.05, 4.69) is 4.98 Å². The van der Waals surface area contributed by atoms with Crippen LogP contribution in [0.25, 0.3) is 0 Å². The summed E-state index contributed by atoms with van der Waals surface area (Å²) in [5.74, 6) is 0. The molecule has 0 amide bonds. The van der Waals surface area contributed by atoms with E-state index in [-0.39, 0.29) is 0 Å². The number of halogens is 6. The fourth-order valence-corrected chi connectivity index (χ4v) is 1.19. The smallest absolute Gasteiger partial charge is 0.398 e. The highest BCUT2D eigenvalue weighted by Gasteiger charge is 2.34. The van der Waals surface area contributed by atoms with Crippen molar-refractivity contribution in [2.24, 2.45) is 0 Å². The Morgan fingerprint density at radius 2 is 1.87 bits per heavy atom. The molecule has 0 bridgehead atoms. The standard InChI is InChI=1S/C7H4ClF5N2/c8-5-4(6(9)10)2(14)1-3(15-5)7(11,12)13/h1,6H,(H2,14,15). The summed E-state index contributed by atoms with van der Waals surface area (Å²) in [4.78, 5) is 2.81. The second-order valence-electron chi connectivity index (χ2n) is 2.60. The van der Waals surface area contributed by atoms with Crippen molar-refractivity contribution in [2.45, 2.75) is 12.6 Å². The first-order chi connectivity index (χ1) is 6.73. The summed E-state index contributed by atoms with van der Waals surface area (Å²) in [6.07, 6.45) is -7.83. The molecule has 1 aromatic rings. The Labute approximate surface area is 85.9 Å². The zero-order valence-corrected chi connectivity index (χ0v) is 7.70. The summed E-state index contributed by atoms with van der Waals surface area (Å²) in [6, 6.07) is 0.327. The molecule has 0 radical (unpaired) electrons. The van der Waals surface area contributed by atoms with E-state index in [0.717, 1.165) is 0 Å². The van der Waals surface area contributed by atoms with E-state index in [4.69, 9.17) is 17.3 Å². The lowest BCUT2D eigenvalue weighted by Crippen LogP contribution is -2.11. The minimum atomic E-state index is -4.77. The molecule has 0 aliphatic heterocycles. The molecule has 0 aliphatic rings. The first-order valence-corrected chi connectivity index (χ1v) is 3.92. The van der Waals surface area contributed by atoms with Crippen LogP contribution in [0, 0.1) is 0 Å². The molecule has 0 saturated heterocycles. The van der Waals surface area contributed by atoms with Crippen molar-refractivity contribution in [3.8, 4) is 0 Å². The number of pyridine rings is 1. The van der Waals surface area contributed by atoms with Gasteiger partial charge in [-0.2, -0.15) is 13.2 Å². The Bertz CT molecular complexity index is 353. The molecule has 84 valence electrons. The summed E-state index contributed by atoms with van der Waals surface area (Å²) in [6.45, 7) is 0. The van der Waals surface area contributed by atoms with Gasteiger partial charge < -0.3 is 5.73 Å². The van der Waals surface area contributed by atoms with Gasteiger partial charge >= 0.3 is 6.18 Å². The van der Waals surface area contributed by atoms with Gasteiger partial charge in [-0.25, -0.2) is 13.8 Å². The summed E-state index contributed by atoms with van der Waals surface area (Å²) in [5.41, 5.74) is 2.01. The Morgan fingerprint density at radius 1 is 1.33 bits per heavy atom. The first-order valence-electron chi connectivity index (χ1n) is 3.54. The minimum absolute atomic E-state index is 0.327. The first kappa shape index (κ1) is 12.0. The van der Waals surface area contributed by atoms with Gasteiger partial charge in [-0.15, -0.1) is 0 Å². The number of nitrogens with two attached hydrogens (primary N) is 1. The second kappa shape index (κ2) is 3.80. The van der Waals surface area contributed by atoms with E-state index in [1.54, 1.807) is 0 Å². The maximum Gasteiger partial charge on any atom is 0.433 e. The fraction of sp³-hybridized carbons (Fsp3) is 0.286. The van der Waals surface area contributed by atoms with Crippen LogP contribution in [-0.2, 0) is 6.18 Å². The Kier molecular flexibility index (Phi) is 3.03. The third kappa shape index (κ3) is 2.47. The fourth-order valence-electron chi connectivity index (χ4n) is 0.904. The number of anilines is 1. The molecule has 0 aliphatic carbocycles. The van der Waals surface area contributed by atoms with Gasteiger partial charge in [0, 0.05) is 5.69 Å². The van der Waals surface area contributed by atoms with E-state index in [9.17, 15) is 22.0 Å². The summed E-state index contributed by atoms with van der Waals surface area (Å²) >= 11 is 5.16. The quantitative estimate of drug-likeness (QED) is 0.610. The van der Waals surface area contributed by atoms with E-state index < -0.39 is 34.7 Å². The van der Waals surface area contributed by atoms with Crippen LogP contribution in [0.3, 0.4) is 0 Å². The SMILES string of the molecule is Nc1cc(C(F)(F)F)nc(Cl)c1C(F)F. The summed E-state index contributed by atoms with van der Waals surface area (Å²) < 4.78 is 60.8. The van der Waals surface area contributed by atoms with Crippen molar-refractivity contribution in [3.63, 3.8) is 0 Å². The molecule has 8 heteroatoms. The van der Waals surface area contributed by atoms with E-state index in [0.29, 0.717) is 6.07 Å². The molecule has 0 atom stereocenters. The lowest BCUT2D eigenvalue weighted by atomic mass is 10.2. The number of rotatable bonds is 1. The summed E-state index contributed by atoms with van der Waals surface area (Å²) in [5, 5.41) is -0.933. The number of hydrogen-bond acceptors (Lipinski definition) is 2. The highest BCUT2D eigenvalue weighted by Crippen LogP contribution is 2.36. The number of nitrogens with zero attached hydrogens (tertiary/aromatic N) is 1. The second-order valence-corrected chi connectivity index (χ2v) is 2.96. The normalized spacial score (nSPS) is 12.2. The molecule has 0 fully saturated rings. The van der Waals surface area contributed by atoms with E-state index in [1.165, 1.54) is 0 Å². The van der Waals surface area contributed by atoms with Crippen LogP contribution in [0.4, 0.5) is 27.6 Å². The average molecular weight is 247 g/mol. The lowest BCUT2D eigenvalue weighted by molar-refractivity contribution is -0.141. The molecular weight excluding hydrogens is 243 g/mol. The third-order valence-corrected chi connectivity index (χ3v) is 1.84. The average Bonchev–Trinajstić information content (AvgIpc) is 1.99. The maximum absolute atomic E-state index is 12.2. The molecule has 2 nitrogen and oxygen atoms in total. The van der Waals surface area contributed by atoms with Gasteiger partial charge in [0.1, 0.15) is 10.8 Å². The van der Waals surface area contributed by atoms with Crippen LogP contribution in [0.5, 0.6) is 0 Å². The topological polar surface area (TPSA) is 38.9 Å². The zero-order chi connectivity index (χ0) is 11.8. The van der Waals surface area contributed by atoms with Crippen LogP contribution < -0.4 is 5.73 Å². The largest absolute Gasteiger partial charge is 0.433 e. The maximum atomic E-state index is 12.2. The zero-order valence-electron chi connectivity index (χ0n) is 6.95. The molecule has 0 saturated carbocycles. The van der Waals surface area contributed by atoms with Gasteiger partial charge in [-0.1, -0.05) is 11.6 Å². The Morgan fingerprint density at radius 3 is 2.20 bits per heavy atom. The van der Waals surface area contributed by atoms with Crippen LogP contribution in [-0.4, -0.2) is 4.98 Å². The molecule has 0 unspecified atom stereocenters. The van der Waals surface area contributed by atoms with Crippen LogP contribution in [0.2, 0.25) is 5.15 Å². The van der Waals surface area contributed by atoms with Crippen molar-refractivity contribution in [1.82, 2.24) is 4.98 Å².